The molecule has 1 aromatic carbocycles. The van der Waals surface area contributed by atoms with Gasteiger partial charge in [-0.05, 0) is 69.9 Å². The first kappa shape index (κ1) is 16.8. The third-order valence-corrected chi connectivity index (χ3v) is 4.85. The van der Waals surface area contributed by atoms with Gasteiger partial charge in [0.05, 0.1) is 0 Å². The number of nitrogens with zero attached hydrogens (tertiary/aromatic N) is 1. The summed E-state index contributed by atoms with van der Waals surface area (Å²) in [6.45, 7) is 8.18. The number of rotatable bonds is 7. The van der Waals surface area contributed by atoms with Gasteiger partial charge in [0.2, 0.25) is 0 Å². The summed E-state index contributed by atoms with van der Waals surface area (Å²) in [5.74, 6) is 0. The molecule has 1 N–H and O–H groups in total. The summed E-state index contributed by atoms with van der Waals surface area (Å²) in [4.78, 5) is 2.64. The van der Waals surface area contributed by atoms with E-state index in [0.29, 0.717) is 6.04 Å². The molecule has 21 heavy (non-hydrogen) atoms. The average Bonchev–Trinajstić information content (AvgIpc) is 2.49. The van der Waals surface area contributed by atoms with Crippen LogP contribution in [0.5, 0.6) is 0 Å². The predicted octanol–water partition coefficient (Wildman–Crippen LogP) is 4.65. The predicted molar refractivity (Wildman–Crippen MR) is 92.0 cm³/mol. The Hall–Kier alpha value is -0.570. The molecule has 118 valence electrons. The van der Waals surface area contributed by atoms with E-state index in [2.05, 4.69) is 36.2 Å². The molecule has 0 amide bonds. The number of likely N-dealkylation sites (tertiary alicyclic amines) is 1. The van der Waals surface area contributed by atoms with Gasteiger partial charge in [0.25, 0.3) is 0 Å². The molecule has 1 aliphatic heterocycles. The van der Waals surface area contributed by atoms with Gasteiger partial charge in [0, 0.05) is 17.1 Å². The Kier molecular flexibility index (Phi) is 7.01. The maximum atomic E-state index is 6.09. The van der Waals surface area contributed by atoms with Crippen molar-refractivity contribution in [1.29, 1.82) is 0 Å². The minimum atomic E-state index is 0.419. The van der Waals surface area contributed by atoms with E-state index >= 15 is 0 Å². The van der Waals surface area contributed by atoms with Crippen molar-refractivity contribution >= 4 is 11.6 Å². The van der Waals surface area contributed by atoms with E-state index < -0.39 is 0 Å². The van der Waals surface area contributed by atoms with Crippen molar-refractivity contribution in [2.24, 2.45) is 0 Å². The highest BCUT2D eigenvalue weighted by atomic mass is 35.5. The fourth-order valence-corrected chi connectivity index (χ4v) is 3.47. The van der Waals surface area contributed by atoms with Crippen LogP contribution in [0.25, 0.3) is 0 Å². The zero-order chi connectivity index (χ0) is 15.1. The van der Waals surface area contributed by atoms with E-state index in [9.17, 15) is 0 Å². The van der Waals surface area contributed by atoms with Crippen LogP contribution >= 0.6 is 11.6 Å². The molecule has 2 rings (SSSR count). The van der Waals surface area contributed by atoms with Crippen molar-refractivity contribution < 1.29 is 0 Å². The minimum absolute atomic E-state index is 0.419. The molecule has 0 aromatic heterocycles. The lowest BCUT2D eigenvalue weighted by molar-refractivity contribution is 0.158. The largest absolute Gasteiger partial charge is 0.310 e. The Morgan fingerprint density at radius 3 is 2.95 bits per heavy atom. The SMILES string of the molecule is CCC(NCCCN1CCCCC1C)c1cccc(Cl)c1. The van der Waals surface area contributed by atoms with Crippen molar-refractivity contribution in [3.05, 3.63) is 34.9 Å². The van der Waals surface area contributed by atoms with E-state index in [1.807, 2.05) is 12.1 Å². The smallest absolute Gasteiger partial charge is 0.0409 e. The lowest BCUT2D eigenvalue weighted by Crippen LogP contribution is -2.39. The molecular formula is C18H29ClN2. The van der Waals surface area contributed by atoms with Crippen molar-refractivity contribution in [2.75, 3.05) is 19.6 Å². The van der Waals surface area contributed by atoms with E-state index in [4.69, 9.17) is 11.6 Å². The first-order valence-corrected chi connectivity index (χ1v) is 8.81. The van der Waals surface area contributed by atoms with E-state index in [-0.39, 0.29) is 0 Å². The molecule has 0 aliphatic carbocycles. The van der Waals surface area contributed by atoms with Gasteiger partial charge in [-0.15, -0.1) is 0 Å². The summed E-state index contributed by atoms with van der Waals surface area (Å²) in [6.07, 6.45) is 6.47. The Balaban J connectivity index is 1.73. The molecule has 1 saturated heterocycles. The second-order valence-corrected chi connectivity index (χ2v) is 6.64. The summed E-state index contributed by atoms with van der Waals surface area (Å²) in [5, 5.41) is 4.51. The van der Waals surface area contributed by atoms with Crippen molar-refractivity contribution in [3.8, 4) is 0 Å². The zero-order valence-corrected chi connectivity index (χ0v) is 14.2. The Labute approximate surface area is 134 Å². The van der Waals surface area contributed by atoms with Crippen LogP contribution < -0.4 is 5.32 Å². The number of halogens is 1. The standard InChI is InChI=1S/C18H29ClN2/c1-3-18(16-9-6-10-17(19)14-16)20-11-7-13-21-12-5-4-8-15(21)2/h6,9-10,14-15,18,20H,3-5,7-8,11-13H2,1-2H3. The molecule has 0 saturated carbocycles. The monoisotopic (exact) mass is 308 g/mol. The molecular weight excluding hydrogens is 280 g/mol. The lowest BCUT2D eigenvalue weighted by atomic mass is 10.0. The zero-order valence-electron chi connectivity index (χ0n) is 13.4. The van der Waals surface area contributed by atoms with Crippen molar-refractivity contribution in [1.82, 2.24) is 10.2 Å². The number of hydrogen-bond acceptors (Lipinski definition) is 2. The van der Waals surface area contributed by atoms with Crippen LogP contribution in [0.15, 0.2) is 24.3 Å². The molecule has 1 fully saturated rings. The van der Waals surface area contributed by atoms with Gasteiger partial charge >= 0.3 is 0 Å². The summed E-state index contributed by atoms with van der Waals surface area (Å²) in [7, 11) is 0. The van der Waals surface area contributed by atoms with Gasteiger partial charge in [0.1, 0.15) is 0 Å². The highest BCUT2D eigenvalue weighted by molar-refractivity contribution is 6.30. The number of piperidine rings is 1. The maximum Gasteiger partial charge on any atom is 0.0409 e. The van der Waals surface area contributed by atoms with Crippen LogP contribution in [0.2, 0.25) is 5.02 Å². The van der Waals surface area contributed by atoms with Crippen LogP contribution in [-0.4, -0.2) is 30.6 Å². The summed E-state index contributed by atoms with van der Waals surface area (Å²) < 4.78 is 0. The Morgan fingerprint density at radius 2 is 2.24 bits per heavy atom. The van der Waals surface area contributed by atoms with E-state index in [0.717, 1.165) is 24.0 Å². The normalized spacial score (nSPS) is 21.4. The van der Waals surface area contributed by atoms with Crippen LogP contribution in [-0.2, 0) is 0 Å². The second kappa shape index (κ2) is 8.77. The topological polar surface area (TPSA) is 15.3 Å². The molecule has 0 bridgehead atoms. The van der Waals surface area contributed by atoms with Gasteiger partial charge in [-0.3, -0.25) is 0 Å². The summed E-state index contributed by atoms with van der Waals surface area (Å²) >= 11 is 6.09. The minimum Gasteiger partial charge on any atom is -0.310 e. The molecule has 0 spiro atoms. The van der Waals surface area contributed by atoms with Gasteiger partial charge in [0.15, 0.2) is 0 Å². The fourth-order valence-electron chi connectivity index (χ4n) is 3.27. The van der Waals surface area contributed by atoms with Crippen LogP contribution in [0.3, 0.4) is 0 Å². The lowest BCUT2D eigenvalue weighted by Gasteiger charge is -2.33. The summed E-state index contributed by atoms with van der Waals surface area (Å²) in [5.41, 5.74) is 1.30. The van der Waals surface area contributed by atoms with Gasteiger partial charge in [-0.1, -0.05) is 37.1 Å². The van der Waals surface area contributed by atoms with Gasteiger partial charge < -0.3 is 10.2 Å². The highest BCUT2D eigenvalue weighted by Gasteiger charge is 2.17. The first-order valence-electron chi connectivity index (χ1n) is 8.43. The number of hydrogen-bond donors (Lipinski definition) is 1. The quantitative estimate of drug-likeness (QED) is 0.738. The highest BCUT2D eigenvalue weighted by Crippen LogP contribution is 2.20. The molecule has 0 radical (unpaired) electrons. The molecule has 2 atom stereocenters. The van der Waals surface area contributed by atoms with E-state index in [1.54, 1.807) is 0 Å². The molecule has 2 unspecified atom stereocenters. The third kappa shape index (κ3) is 5.28. The molecule has 1 heterocycles. The van der Waals surface area contributed by atoms with Crippen LogP contribution in [0.4, 0.5) is 0 Å². The van der Waals surface area contributed by atoms with Crippen LogP contribution in [0.1, 0.15) is 57.6 Å². The van der Waals surface area contributed by atoms with Crippen LogP contribution in [0, 0.1) is 0 Å². The first-order chi connectivity index (χ1) is 10.2. The van der Waals surface area contributed by atoms with Crippen molar-refractivity contribution in [2.45, 2.75) is 58.0 Å². The molecule has 1 aromatic rings. The van der Waals surface area contributed by atoms with Crippen molar-refractivity contribution in [3.63, 3.8) is 0 Å². The Bertz CT molecular complexity index is 421. The van der Waals surface area contributed by atoms with Gasteiger partial charge in [-0.2, -0.15) is 0 Å². The Morgan fingerprint density at radius 1 is 1.38 bits per heavy atom. The molecule has 3 heteroatoms. The second-order valence-electron chi connectivity index (χ2n) is 6.20. The molecule has 2 nitrogen and oxygen atoms in total. The maximum absolute atomic E-state index is 6.09. The van der Waals surface area contributed by atoms with Gasteiger partial charge in [-0.25, -0.2) is 0 Å². The third-order valence-electron chi connectivity index (χ3n) is 4.61. The fraction of sp³-hybridized carbons (Fsp3) is 0.667. The number of nitrogens with one attached hydrogen (secondary N) is 1. The average molecular weight is 309 g/mol. The molecule has 1 aliphatic rings. The summed E-state index contributed by atoms with van der Waals surface area (Å²) in [6, 6.07) is 9.42. The number of benzene rings is 1. The van der Waals surface area contributed by atoms with E-state index in [1.165, 1.54) is 44.3 Å².